The Morgan fingerprint density at radius 1 is 1.05 bits per heavy atom. The normalized spacial score (nSPS) is 10.6. The van der Waals surface area contributed by atoms with E-state index in [-0.39, 0.29) is 12.3 Å². The van der Waals surface area contributed by atoms with Crippen molar-refractivity contribution < 1.29 is 13.9 Å². The zero-order valence-electron chi connectivity index (χ0n) is 12.0. The summed E-state index contributed by atoms with van der Waals surface area (Å²) in [4.78, 5) is 16.2. The minimum Gasteiger partial charge on any atom is -0.461 e. The average molecular weight is 295 g/mol. The Hall–Kier alpha value is -2.75. The van der Waals surface area contributed by atoms with E-state index >= 15 is 0 Å². The number of pyridine rings is 1. The first kappa shape index (κ1) is 14.2. The highest BCUT2D eigenvalue weighted by molar-refractivity contribution is 6.00. The molecule has 2 aromatic carbocycles. The highest BCUT2D eigenvalue weighted by atomic mass is 19.1. The molecular formula is C18H14FNO2. The van der Waals surface area contributed by atoms with Gasteiger partial charge in [-0.05, 0) is 6.92 Å². The molecule has 0 aliphatic carbocycles. The topological polar surface area (TPSA) is 39.2 Å². The summed E-state index contributed by atoms with van der Waals surface area (Å²) in [6, 6.07) is 16.4. The molecule has 0 atom stereocenters. The molecule has 1 heterocycles. The van der Waals surface area contributed by atoms with Crippen LogP contribution in [0, 0.1) is 5.82 Å². The number of hydrogen-bond donors (Lipinski definition) is 0. The molecule has 1 aromatic heterocycles. The Labute approximate surface area is 127 Å². The summed E-state index contributed by atoms with van der Waals surface area (Å²) < 4.78 is 19.5. The van der Waals surface area contributed by atoms with Gasteiger partial charge in [0.25, 0.3) is 0 Å². The molecule has 0 aliphatic rings. The molecule has 22 heavy (non-hydrogen) atoms. The molecule has 0 amide bonds. The molecule has 3 rings (SSSR count). The lowest BCUT2D eigenvalue weighted by atomic mass is 10.0. The molecule has 0 aliphatic heterocycles. The third kappa shape index (κ3) is 2.44. The summed E-state index contributed by atoms with van der Waals surface area (Å²) in [7, 11) is 0. The Bertz CT molecular complexity index is 831. The number of halogens is 1. The molecule has 0 bridgehead atoms. The van der Waals surface area contributed by atoms with Crippen LogP contribution in [0.2, 0.25) is 0 Å². The highest BCUT2D eigenvalue weighted by Crippen LogP contribution is 2.30. The van der Waals surface area contributed by atoms with Crippen molar-refractivity contribution in [2.75, 3.05) is 6.61 Å². The number of nitrogens with zero attached hydrogens (tertiary/aromatic N) is 1. The molecule has 0 spiro atoms. The number of fused-ring (bicyclic) bond motifs is 1. The Kier molecular flexibility index (Phi) is 3.83. The fraction of sp³-hybridized carbons (Fsp3) is 0.111. The number of ether oxygens (including phenoxy) is 1. The molecule has 0 fully saturated rings. The number of benzene rings is 2. The first-order valence-corrected chi connectivity index (χ1v) is 7.03. The van der Waals surface area contributed by atoms with Gasteiger partial charge >= 0.3 is 5.97 Å². The van der Waals surface area contributed by atoms with Crippen molar-refractivity contribution in [2.24, 2.45) is 0 Å². The molecular weight excluding hydrogens is 281 g/mol. The summed E-state index contributed by atoms with van der Waals surface area (Å²) >= 11 is 0. The van der Waals surface area contributed by atoms with E-state index in [1.807, 2.05) is 36.4 Å². The summed E-state index contributed by atoms with van der Waals surface area (Å²) in [5.41, 5.74) is 1.12. The van der Waals surface area contributed by atoms with Crippen LogP contribution in [0.4, 0.5) is 4.39 Å². The van der Waals surface area contributed by atoms with Crippen LogP contribution in [0.5, 0.6) is 0 Å². The number of hydrogen-bond acceptors (Lipinski definition) is 3. The van der Waals surface area contributed by atoms with Crippen molar-refractivity contribution in [2.45, 2.75) is 6.92 Å². The number of esters is 1. The van der Waals surface area contributed by atoms with E-state index in [1.54, 1.807) is 25.1 Å². The van der Waals surface area contributed by atoms with Crippen LogP contribution < -0.4 is 0 Å². The lowest BCUT2D eigenvalue weighted by Gasteiger charge is -2.10. The van der Waals surface area contributed by atoms with Gasteiger partial charge in [-0.2, -0.15) is 0 Å². The predicted molar refractivity (Wildman–Crippen MR) is 83.1 cm³/mol. The molecule has 3 nitrogen and oxygen atoms in total. The first-order valence-electron chi connectivity index (χ1n) is 7.03. The lowest BCUT2D eigenvalue weighted by Crippen LogP contribution is -2.11. The van der Waals surface area contributed by atoms with Gasteiger partial charge in [-0.1, -0.05) is 54.6 Å². The number of rotatable bonds is 3. The number of carbonyl (C=O) groups excluding carboxylic acids is 1. The fourth-order valence-corrected chi connectivity index (χ4v) is 2.38. The van der Waals surface area contributed by atoms with E-state index in [2.05, 4.69) is 4.98 Å². The minimum absolute atomic E-state index is 0.174. The highest BCUT2D eigenvalue weighted by Gasteiger charge is 2.20. The summed E-state index contributed by atoms with van der Waals surface area (Å²) in [6.07, 6.45) is 0. The van der Waals surface area contributed by atoms with Gasteiger partial charge in [-0.15, -0.1) is 0 Å². The summed E-state index contributed by atoms with van der Waals surface area (Å²) in [5, 5.41) is 1.03. The molecule has 4 heteroatoms. The zero-order chi connectivity index (χ0) is 15.5. The van der Waals surface area contributed by atoms with E-state index in [1.165, 1.54) is 0 Å². The molecule has 0 N–H and O–H groups in total. The van der Waals surface area contributed by atoms with Crippen molar-refractivity contribution >= 4 is 16.7 Å². The van der Waals surface area contributed by atoms with Crippen molar-refractivity contribution in [3.63, 3.8) is 0 Å². The summed E-state index contributed by atoms with van der Waals surface area (Å²) in [5.74, 6) is -1.39. The van der Waals surface area contributed by atoms with Crippen LogP contribution in [0.25, 0.3) is 22.0 Å². The van der Waals surface area contributed by atoms with Gasteiger partial charge in [0.2, 0.25) is 0 Å². The average Bonchev–Trinajstić information content (AvgIpc) is 2.56. The predicted octanol–water partition coefficient (Wildman–Crippen LogP) is 4.22. The second kappa shape index (κ2) is 5.93. The second-order valence-corrected chi connectivity index (χ2v) is 4.76. The maximum absolute atomic E-state index is 14.6. The third-order valence-corrected chi connectivity index (χ3v) is 3.37. The van der Waals surface area contributed by atoms with E-state index in [4.69, 9.17) is 4.74 Å². The smallest absolute Gasteiger partial charge is 0.360 e. The van der Waals surface area contributed by atoms with Crippen LogP contribution in [0.15, 0.2) is 54.6 Å². The Morgan fingerprint density at radius 2 is 1.68 bits per heavy atom. The molecule has 0 radical (unpaired) electrons. The third-order valence-electron chi connectivity index (χ3n) is 3.37. The number of aromatic nitrogens is 1. The van der Waals surface area contributed by atoms with Gasteiger partial charge in [0.15, 0.2) is 11.5 Å². The minimum atomic E-state index is -0.747. The standard InChI is InChI=1S/C18H14FNO2/c1-2-22-18(21)17-15(19)13-10-6-7-11-14(13)16(20-17)12-8-4-3-5-9-12/h3-11H,2H2,1H3. The maximum atomic E-state index is 14.6. The van der Waals surface area contributed by atoms with Gasteiger partial charge in [-0.3, -0.25) is 0 Å². The Morgan fingerprint density at radius 3 is 2.36 bits per heavy atom. The molecule has 0 saturated heterocycles. The van der Waals surface area contributed by atoms with Gasteiger partial charge in [0, 0.05) is 16.3 Å². The molecule has 3 aromatic rings. The Balaban J connectivity index is 2.31. The largest absolute Gasteiger partial charge is 0.461 e. The summed E-state index contributed by atoms with van der Waals surface area (Å²) in [6.45, 7) is 1.85. The van der Waals surface area contributed by atoms with Crippen LogP contribution in [0.1, 0.15) is 17.4 Å². The fourth-order valence-electron chi connectivity index (χ4n) is 2.38. The molecule has 0 unspecified atom stereocenters. The van der Waals surface area contributed by atoms with Gasteiger partial charge in [-0.25, -0.2) is 14.2 Å². The first-order chi connectivity index (χ1) is 10.7. The van der Waals surface area contributed by atoms with E-state index in [0.717, 1.165) is 5.56 Å². The van der Waals surface area contributed by atoms with Crippen LogP contribution in [-0.4, -0.2) is 17.6 Å². The van der Waals surface area contributed by atoms with Crippen LogP contribution in [-0.2, 0) is 4.74 Å². The number of carbonyl (C=O) groups is 1. The van der Waals surface area contributed by atoms with Crippen LogP contribution >= 0.6 is 0 Å². The SMILES string of the molecule is CCOC(=O)c1nc(-c2ccccc2)c2ccccc2c1F. The van der Waals surface area contributed by atoms with Gasteiger partial charge < -0.3 is 4.74 Å². The second-order valence-electron chi connectivity index (χ2n) is 4.76. The monoisotopic (exact) mass is 295 g/mol. The maximum Gasteiger partial charge on any atom is 0.360 e. The van der Waals surface area contributed by atoms with E-state index < -0.39 is 11.8 Å². The quantitative estimate of drug-likeness (QED) is 0.679. The molecule has 110 valence electrons. The zero-order valence-corrected chi connectivity index (χ0v) is 12.0. The van der Waals surface area contributed by atoms with Gasteiger partial charge in [0.1, 0.15) is 0 Å². The van der Waals surface area contributed by atoms with E-state index in [9.17, 15) is 9.18 Å². The van der Waals surface area contributed by atoms with Crippen molar-refractivity contribution in [1.82, 2.24) is 4.98 Å². The lowest BCUT2D eigenvalue weighted by molar-refractivity contribution is 0.0514. The van der Waals surface area contributed by atoms with Crippen molar-refractivity contribution in [3.05, 3.63) is 66.1 Å². The van der Waals surface area contributed by atoms with Crippen molar-refractivity contribution in [1.29, 1.82) is 0 Å². The molecule has 0 saturated carbocycles. The van der Waals surface area contributed by atoms with Crippen LogP contribution in [0.3, 0.4) is 0 Å². The van der Waals surface area contributed by atoms with Crippen molar-refractivity contribution in [3.8, 4) is 11.3 Å². The van der Waals surface area contributed by atoms with Gasteiger partial charge in [0.05, 0.1) is 12.3 Å². The van der Waals surface area contributed by atoms with E-state index in [0.29, 0.717) is 16.5 Å².